The van der Waals surface area contributed by atoms with Crippen LogP contribution in [0.25, 0.3) is 11.3 Å². The number of halogens is 1. The Labute approximate surface area is 163 Å². The smallest absolute Gasteiger partial charge is 0.158 e. The number of nitrogens with zero attached hydrogens (tertiary/aromatic N) is 5. The van der Waals surface area contributed by atoms with E-state index < -0.39 is 5.82 Å². The summed E-state index contributed by atoms with van der Waals surface area (Å²) in [5.41, 5.74) is 3.36. The summed E-state index contributed by atoms with van der Waals surface area (Å²) in [5.74, 6) is 1.04. The van der Waals surface area contributed by atoms with Crippen LogP contribution in [0, 0.1) is 5.82 Å². The summed E-state index contributed by atoms with van der Waals surface area (Å²) in [6.45, 7) is 5.82. The van der Waals surface area contributed by atoms with E-state index in [1.54, 1.807) is 18.6 Å². The van der Waals surface area contributed by atoms with Crippen molar-refractivity contribution in [1.29, 1.82) is 0 Å². The number of nitrogens with one attached hydrogen (secondary N) is 1. The Hall–Kier alpha value is -3.48. The molecule has 142 valence electrons. The molecule has 0 saturated carbocycles. The number of hydrogen-bond donors (Lipinski definition) is 1. The van der Waals surface area contributed by atoms with Gasteiger partial charge in [0.05, 0.1) is 29.5 Å². The average Bonchev–Trinajstić information content (AvgIpc) is 2.87. The highest BCUT2D eigenvalue weighted by molar-refractivity contribution is 5.75. The average molecular weight is 376 g/mol. The first-order valence-corrected chi connectivity index (χ1v) is 9.08. The summed E-state index contributed by atoms with van der Waals surface area (Å²) < 4.78 is 13.5. The van der Waals surface area contributed by atoms with Gasteiger partial charge in [0.2, 0.25) is 0 Å². The summed E-state index contributed by atoms with van der Waals surface area (Å²) in [4.78, 5) is 17.2. The second-order valence-corrected chi connectivity index (χ2v) is 6.67. The Balaban J connectivity index is 1.70. The van der Waals surface area contributed by atoms with Gasteiger partial charge in [0.25, 0.3) is 0 Å². The third kappa shape index (κ3) is 3.64. The predicted octanol–water partition coefficient (Wildman–Crippen LogP) is 3.91. The van der Waals surface area contributed by atoms with Gasteiger partial charge >= 0.3 is 0 Å². The van der Waals surface area contributed by atoms with Crippen molar-refractivity contribution in [2.24, 2.45) is 0 Å². The standard InChI is InChI=1S/C21H21FN6/c1-15(25-18-11-17(22)13-24-14-18)28-10-4-9-27(2)20-7-6-19(26-21(20)28)16-5-3-8-23-12-16/h3,5-8,11-14,25H,1,4,9-10H2,2H3. The quantitative estimate of drug-likeness (QED) is 0.745. The van der Waals surface area contributed by atoms with Gasteiger partial charge in [0, 0.05) is 44.2 Å². The Morgan fingerprint density at radius 3 is 2.82 bits per heavy atom. The molecule has 0 unspecified atom stereocenters. The fourth-order valence-corrected chi connectivity index (χ4v) is 3.28. The number of fused-ring (bicyclic) bond motifs is 1. The van der Waals surface area contributed by atoms with E-state index in [0.29, 0.717) is 11.5 Å². The summed E-state index contributed by atoms with van der Waals surface area (Å²) in [6.07, 6.45) is 7.22. The van der Waals surface area contributed by atoms with E-state index in [9.17, 15) is 4.39 Å². The van der Waals surface area contributed by atoms with Crippen molar-refractivity contribution in [3.63, 3.8) is 0 Å². The Morgan fingerprint density at radius 2 is 2.04 bits per heavy atom. The van der Waals surface area contributed by atoms with Crippen LogP contribution in [0.15, 0.2) is 67.5 Å². The molecule has 1 aliphatic rings. The van der Waals surface area contributed by atoms with Gasteiger partial charge in [-0.15, -0.1) is 0 Å². The van der Waals surface area contributed by atoms with Crippen LogP contribution in [0.5, 0.6) is 0 Å². The van der Waals surface area contributed by atoms with Crippen molar-refractivity contribution in [2.45, 2.75) is 6.42 Å². The monoisotopic (exact) mass is 376 g/mol. The minimum Gasteiger partial charge on any atom is -0.372 e. The van der Waals surface area contributed by atoms with Crippen molar-refractivity contribution >= 4 is 17.2 Å². The molecule has 3 aromatic heterocycles. The SMILES string of the molecule is C=C(Nc1cncc(F)c1)N1CCCN(C)c2ccc(-c3cccnc3)nc21. The molecule has 4 heterocycles. The molecule has 0 aliphatic carbocycles. The molecule has 0 fully saturated rings. The van der Waals surface area contributed by atoms with E-state index in [4.69, 9.17) is 4.98 Å². The van der Waals surface area contributed by atoms with E-state index in [2.05, 4.69) is 39.9 Å². The van der Waals surface area contributed by atoms with Crippen molar-refractivity contribution in [1.82, 2.24) is 15.0 Å². The van der Waals surface area contributed by atoms with E-state index >= 15 is 0 Å². The number of rotatable bonds is 4. The van der Waals surface area contributed by atoms with Gasteiger partial charge in [0.1, 0.15) is 11.6 Å². The molecule has 4 rings (SSSR count). The second kappa shape index (κ2) is 7.64. The van der Waals surface area contributed by atoms with Crippen molar-refractivity contribution in [3.05, 3.63) is 73.3 Å². The molecule has 0 amide bonds. The van der Waals surface area contributed by atoms with Gasteiger partial charge in [-0.2, -0.15) is 0 Å². The lowest BCUT2D eigenvalue weighted by Gasteiger charge is -2.27. The third-order valence-electron chi connectivity index (χ3n) is 4.67. The molecule has 6 nitrogen and oxygen atoms in total. The lowest BCUT2D eigenvalue weighted by molar-refractivity contribution is 0.622. The molecule has 0 atom stereocenters. The van der Waals surface area contributed by atoms with Crippen LogP contribution in [0.4, 0.5) is 21.6 Å². The Morgan fingerprint density at radius 1 is 1.14 bits per heavy atom. The van der Waals surface area contributed by atoms with Gasteiger partial charge in [-0.05, 0) is 30.7 Å². The van der Waals surface area contributed by atoms with Gasteiger partial charge in [-0.3, -0.25) is 9.97 Å². The molecule has 0 bridgehead atoms. The molecule has 0 saturated heterocycles. The molecular weight excluding hydrogens is 355 g/mol. The highest BCUT2D eigenvalue weighted by Gasteiger charge is 2.23. The van der Waals surface area contributed by atoms with E-state index in [1.807, 2.05) is 23.1 Å². The first-order valence-electron chi connectivity index (χ1n) is 9.08. The maximum atomic E-state index is 13.5. The van der Waals surface area contributed by atoms with E-state index in [1.165, 1.54) is 12.3 Å². The van der Waals surface area contributed by atoms with Crippen molar-refractivity contribution < 1.29 is 4.39 Å². The van der Waals surface area contributed by atoms with Crippen molar-refractivity contribution in [3.8, 4) is 11.3 Å². The van der Waals surface area contributed by atoms with Crippen LogP contribution in [-0.2, 0) is 0 Å². The number of anilines is 3. The molecule has 0 aromatic carbocycles. The lowest BCUT2D eigenvalue weighted by atomic mass is 10.2. The predicted molar refractivity (Wildman–Crippen MR) is 110 cm³/mol. The number of pyridine rings is 3. The first kappa shape index (κ1) is 17.9. The summed E-state index contributed by atoms with van der Waals surface area (Å²) in [5, 5.41) is 3.15. The zero-order chi connectivity index (χ0) is 19.5. The Kier molecular flexibility index (Phi) is 4.89. The van der Waals surface area contributed by atoms with E-state index in [0.717, 1.165) is 42.3 Å². The fraction of sp³-hybridized carbons (Fsp3) is 0.190. The van der Waals surface area contributed by atoms with Crippen LogP contribution in [0.1, 0.15) is 6.42 Å². The second-order valence-electron chi connectivity index (χ2n) is 6.67. The number of hydrogen-bond acceptors (Lipinski definition) is 6. The van der Waals surface area contributed by atoms with Crippen molar-refractivity contribution in [2.75, 3.05) is 35.3 Å². The zero-order valence-corrected chi connectivity index (χ0v) is 15.6. The summed E-state index contributed by atoms with van der Waals surface area (Å²) in [7, 11) is 2.06. The molecule has 0 radical (unpaired) electrons. The van der Waals surface area contributed by atoms with Gasteiger partial charge < -0.3 is 15.1 Å². The molecule has 1 N–H and O–H groups in total. The van der Waals surface area contributed by atoms with Crippen LogP contribution >= 0.6 is 0 Å². The fourth-order valence-electron chi connectivity index (χ4n) is 3.28. The Bertz CT molecular complexity index is 991. The van der Waals surface area contributed by atoms with Crippen LogP contribution in [0.3, 0.4) is 0 Å². The highest BCUT2D eigenvalue weighted by Crippen LogP contribution is 2.34. The number of aromatic nitrogens is 3. The van der Waals surface area contributed by atoms with Gasteiger partial charge in [-0.1, -0.05) is 6.58 Å². The lowest BCUT2D eigenvalue weighted by Crippen LogP contribution is -2.28. The largest absolute Gasteiger partial charge is 0.372 e. The minimum atomic E-state index is -0.397. The zero-order valence-electron chi connectivity index (χ0n) is 15.6. The van der Waals surface area contributed by atoms with E-state index in [-0.39, 0.29) is 0 Å². The van der Waals surface area contributed by atoms with Crippen LogP contribution in [-0.4, -0.2) is 35.1 Å². The topological polar surface area (TPSA) is 57.2 Å². The van der Waals surface area contributed by atoms with Crippen LogP contribution < -0.4 is 15.1 Å². The minimum absolute atomic E-state index is 0.397. The molecule has 7 heteroatoms. The maximum absolute atomic E-state index is 13.5. The van der Waals surface area contributed by atoms with Gasteiger partial charge in [0.15, 0.2) is 5.82 Å². The molecular formula is C21H21FN6. The maximum Gasteiger partial charge on any atom is 0.158 e. The highest BCUT2D eigenvalue weighted by atomic mass is 19.1. The van der Waals surface area contributed by atoms with Gasteiger partial charge in [-0.25, -0.2) is 9.37 Å². The summed E-state index contributed by atoms with van der Waals surface area (Å²) in [6, 6.07) is 9.34. The first-order chi connectivity index (χ1) is 13.6. The molecule has 0 spiro atoms. The molecule has 1 aliphatic heterocycles. The third-order valence-corrected chi connectivity index (χ3v) is 4.67. The van der Waals surface area contributed by atoms with Crippen LogP contribution in [0.2, 0.25) is 0 Å². The molecule has 3 aromatic rings. The summed E-state index contributed by atoms with van der Waals surface area (Å²) >= 11 is 0. The molecule has 28 heavy (non-hydrogen) atoms. The normalized spacial score (nSPS) is 13.6.